The van der Waals surface area contributed by atoms with Crippen LogP contribution >= 0.6 is 11.6 Å². The van der Waals surface area contributed by atoms with Crippen molar-refractivity contribution in [3.63, 3.8) is 0 Å². The number of hydrogen-bond acceptors (Lipinski definition) is 5. The van der Waals surface area contributed by atoms with E-state index in [1.54, 1.807) is 18.2 Å². The van der Waals surface area contributed by atoms with Gasteiger partial charge in [0.2, 0.25) is 0 Å². The Bertz CT molecular complexity index is 780. The van der Waals surface area contributed by atoms with Crippen LogP contribution in [0.1, 0.15) is 20.7 Å². The predicted molar refractivity (Wildman–Crippen MR) is 90.1 cm³/mol. The van der Waals surface area contributed by atoms with Gasteiger partial charge in [0.1, 0.15) is 5.15 Å². The second-order valence-corrected chi connectivity index (χ2v) is 5.01. The molecule has 0 bridgehead atoms. The van der Waals surface area contributed by atoms with Gasteiger partial charge in [-0.25, -0.2) is 4.98 Å². The number of aromatic nitrogens is 1. The molecular formula is C16H16ClN3O4. The van der Waals surface area contributed by atoms with E-state index in [1.807, 2.05) is 0 Å². The molecule has 2 N–H and O–H groups in total. The maximum Gasteiger partial charge on any atom is 0.259 e. The average Bonchev–Trinajstić information content (AvgIpc) is 2.60. The van der Waals surface area contributed by atoms with Crippen molar-refractivity contribution in [2.45, 2.75) is 0 Å². The van der Waals surface area contributed by atoms with Crippen molar-refractivity contribution in [3.05, 3.63) is 46.7 Å². The fraction of sp³-hybridized carbons (Fsp3) is 0.188. The number of benzene rings is 1. The van der Waals surface area contributed by atoms with E-state index in [1.165, 1.54) is 33.5 Å². The molecule has 24 heavy (non-hydrogen) atoms. The number of anilines is 1. The first-order valence-corrected chi connectivity index (χ1v) is 7.29. The highest BCUT2D eigenvalue weighted by molar-refractivity contribution is 6.30. The minimum absolute atomic E-state index is 0.149. The van der Waals surface area contributed by atoms with E-state index in [-0.39, 0.29) is 22.0 Å². The van der Waals surface area contributed by atoms with E-state index in [9.17, 15) is 9.59 Å². The molecule has 0 spiro atoms. The molecule has 7 nitrogen and oxygen atoms in total. The van der Waals surface area contributed by atoms with E-state index in [0.717, 1.165) is 0 Å². The Morgan fingerprint density at radius 1 is 1.12 bits per heavy atom. The van der Waals surface area contributed by atoms with Crippen molar-refractivity contribution in [2.24, 2.45) is 0 Å². The molecule has 126 valence electrons. The summed E-state index contributed by atoms with van der Waals surface area (Å²) in [5.41, 5.74) is 0.689. The van der Waals surface area contributed by atoms with Crippen LogP contribution in [-0.4, -0.2) is 38.1 Å². The van der Waals surface area contributed by atoms with Gasteiger partial charge in [-0.1, -0.05) is 17.7 Å². The van der Waals surface area contributed by atoms with Crippen LogP contribution in [-0.2, 0) is 0 Å². The number of para-hydroxylation sites is 1. The van der Waals surface area contributed by atoms with Gasteiger partial charge in [-0.15, -0.1) is 0 Å². The van der Waals surface area contributed by atoms with Crippen LogP contribution in [0.25, 0.3) is 0 Å². The molecule has 0 unspecified atom stereocenters. The molecule has 2 rings (SSSR count). The second kappa shape index (κ2) is 7.65. The highest BCUT2D eigenvalue weighted by atomic mass is 35.5. The lowest BCUT2D eigenvalue weighted by Gasteiger charge is -2.14. The molecule has 0 aliphatic carbocycles. The number of methoxy groups -OCH3 is 2. The van der Waals surface area contributed by atoms with Gasteiger partial charge in [-0.05, 0) is 18.2 Å². The van der Waals surface area contributed by atoms with E-state index in [4.69, 9.17) is 21.1 Å². The Balaban J connectivity index is 2.41. The zero-order chi connectivity index (χ0) is 17.7. The smallest absolute Gasteiger partial charge is 0.259 e. The largest absolute Gasteiger partial charge is 0.493 e. The zero-order valence-electron chi connectivity index (χ0n) is 13.3. The van der Waals surface area contributed by atoms with Crippen LogP contribution < -0.4 is 20.1 Å². The van der Waals surface area contributed by atoms with Gasteiger partial charge in [0, 0.05) is 13.2 Å². The van der Waals surface area contributed by atoms with Crippen molar-refractivity contribution in [3.8, 4) is 11.5 Å². The monoisotopic (exact) mass is 349 g/mol. The number of ether oxygens (including phenoxy) is 2. The number of nitrogens with zero attached hydrogens (tertiary/aromatic N) is 1. The summed E-state index contributed by atoms with van der Waals surface area (Å²) in [5, 5.41) is 5.27. The summed E-state index contributed by atoms with van der Waals surface area (Å²) in [4.78, 5) is 28.4. The van der Waals surface area contributed by atoms with Crippen LogP contribution in [0, 0.1) is 0 Å². The molecule has 1 aromatic carbocycles. The number of carbonyl (C=O) groups excluding carboxylic acids is 2. The Labute approximate surface area is 143 Å². The summed E-state index contributed by atoms with van der Waals surface area (Å²) in [6.45, 7) is 0. The van der Waals surface area contributed by atoms with Gasteiger partial charge >= 0.3 is 0 Å². The van der Waals surface area contributed by atoms with Crippen LogP contribution in [0.3, 0.4) is 0 Å². The van der Waals surface area contributed by atoms with Crippen molar-refractivity contribution in [1.29, 1.82) is 0 Å². The fourth-order valence-corrected chi connectivity index (χ4v) is 2.26. The van der Waals surface area contributed by atoms with E-state index < -0.39 is 11.8 Å². The van der Waals surface area contributed by atoms with Gasteiger partial charge in [0.05, 0.1) is 31.0 Å². The number of nitrogens with one attached hydrogen (secondary N) is 2. The number of pyridine rings is 1. The van der Waals surface area contributed by atoms with Gasteiger partial charge in [0.15, 0.2) is 11.5 Å². The predicted octanol–water partition coefficient (Wildman–Crippen LogP) is 2.36. The maximum atomic E-state index is 12.6. The Morgan fingerprint density at radius 2 is 1.88 bits per heavy atom. The van der Waals surface area contributed by atoms with Crippen LogP contribution in [0.15, 0.2) is 30.5 Å². The standard InChI is InChI=1S/C16H16ClN3O4/c1-18-15(21)10-8-19-13(17)7-11(10)20-16(22)9-5-4-6-12(23-2)14(9)24-3/h4-8H,1-3H3,(H,18,21)(H,19,20,22). The summed E-state index contributed by atoms with van der Waals surface area (Å²) < 4.78 is 10.4. The van der Waals surface area contributed by atoms with E-state index in [0.29, 0.717) is 11.5 Å². The minimum Gasteiger partial charge on any atom is -0.493 e. The van der Waals surface area contributed by atoms with Crippen LogP contribution in [0.5, 0.6) is 11.5 Å². The second-order valence-electron chi connectivity index (χ2n) is 4.63. The minimum atomic E-state index is -0.474. The molecule has 8 heteroatoms. The third-order valence-electron chi connectivity index (χ3n) is 3.24. The lowest BCUT2D eigenvalue weighted by atomic mass is 10.1. The van der Waals surface area contributed by atoms with Crippen molar-refractivity contribution < 1.29 is 19.1 Å². The van der Waals surface area contributed by atoms with E-state index >= 15 is 0 Å². The molecule has 0 saturated heterocycles. The molecule has 0 radical (unpaired) electrons. The first-order valence-electron chi connectivity index (χ1n) is 6.91. The van der Waals surface area contributed by atoms with Gasteiger partial charge in [0.25, 0.3) is 11.8 Å². The maximum absolute atomic E-state index is 12.6. The molecule has 0 aliphatic rings. The lowest BCUT2D eigenvalue weighted by Crippen LogP contribution is -2.22. The Hall–Kier alpha value is -2.80. The van der Waals surface area contributed by atoms with Crippen molar-refractivity contribution >= 4 is 29.1 Å². The normalized spacial score (nSPS) is 10.0. The van der Waals surface area contributed by atoms with Crippen LogP contribution in [0.4, 0.5) is 5.69 Å². The first-order chi connectivity index (χ1) is 11.5. The number of halogens is 1. The highest BCUT2D eigenvalue weighted by Crippen LogP contribution is 2.31. The molecule has 0 fully saturated rings. The first kappa shape index (κ1) is 17.6. The molecular weight excluding hydrogens is 334 g/mol. The van der Waals surface area contributed by atoms with Crippen molar-refractivity contribution in [1.82, 2.24) is 10.3 Å². The Kier molecular flexibility index (Phi) is 5.59. The number of carbonyl (C=O) groups is 2. The molecule has 2 aromatic rings. The summed E-state index contributed by atoms with van der Waals surface area (Å²) in [5.74, 6) is -0.158. The average molecular weight is 350 g/mol. The SMILES string of the molecule is CNC(=O)c1cnc(Cl)cc1NC(=O)c1cccc(OC)c1OC. The number of hydrogen-bond donors (Lipinski definition) is 2. The van der Waals surface area contributed by atoms with Gasteiger partial charge in [-0.3, -0.25) is 9.59 Å². The fourth-order valence-electron chi connectivity index (χ4n) is 2.10. The molecule has 0 aliphatic heterocycles. The Morgan fingerprint density at radius 3 is 2.50 bits per heavy atom. The van der Waals surface area contributed by atoms with Crippen LogP contribution in [0.2, 0.25) is 5.15 Å². The number of amides is 2. The summed E-state index contributed by atoms with van der Waals surface area (Å²) in [6.07, 6.45) is 1.29. The highest BCUT2D eigenvalue weighted by Gasteiger charge is 2.19. The molecule has 1 heterocycles. The summed E-state index contributed by atoms with van der Waals surface area (Å²) >= 11 is 5.86. The third-order valence-corrected chi connectivity index (χ3v) is 3.44. The van der Waals surface area contributed by atoms with E-state index in [2.05, 4.69) is 15.6 Å². The molecule has 0 saturated carbocycles. The molecule has 1 aromatic heterocycles. The quantitative estimate of drug-likeness (QED) is 0.809. The molecule has 2 amide bonds. The summed E-state index contributed by atoms with van der Waals surface area (Å²) in [7, 11) is 4.40. The van der Waals surface area contributed by atoms with Gasteiger partial charge in [-0.2, -0.15) is 0 Å². The number of rotatable bonds is 5. The zero-order valence-corrected chi connectivity index (χ0v) is 14.1. The van der Waals surface area contributed by atoms with Crippen molar-refractivity contribution in [2.75, 3.05) is 26.6 Å². The molecule has 0 atom stereocenters. The summed E-state index contributed by atoms with van der Waals surface area (Å²) in [6, 6.07) is 6.32. The topological polar surface area (TPSA) is 89.6 Å². The van der Waals surface area contributed by atoms with Gasteiger partial charge < -0.3 is 20.1 Å². The lowest BCUT2D eigenvalue weighted by molar-refractivity contribution is 0.0963. The third kappa shape index (κ3) is 3.57.